The van der Waals surface area contributed by atoms with E-state index in [-0.39, 0.29) is 22.8 Å². The SMILES string of the molecule is CC1=CC2N(C)C(=O)CC[C@]2(C)C2CC[C@]3(C)C(=O)CCC3C12. The van der Waals surface area contributed by atoms with Gasteiger partial charge in [0.15, 0.2) is 0 Å². The summed E-state index contributed by atoms with van der Waals surface area (Å²) in [6.07, 6.45) is 8.08. The highest BCUT2D eigenvalue weighted by atomic mass is 16.2. The van der Waals surface area contributed by atoms with Crippen molar-refractivity contribution in [3.05, 3.63) is 11.6 Å². The summed E-state index contributed by atoms with van der Waals surface area (Å²) >= 11 is 0. The van der Waals surface area contributed by atoms with E-state index in [0.29, 0.717) is 30.0 Å². The molecule has 2 saturated carbocycles. The van der Waals surface area contributed by atoms with E-state index >= 15 is 0 Å². The third kappa shape index (κ3) is 1.82. The topological polar surface area (TPSA) is 37.4 Å². The largest absolute Gasteiger partial charge is 0.339 e. The van der Waals surface area contributed by atoms with Gasteiger partial charge in [-0.05, 0) is 55.8 Å². The lowest BCUT2D eigenvalue weighted by Crippen LogP contribution is -2.60. The number of rotatable bonds is 0. The summed E-state index contributed by atoms with van der Waals surface area (Å²) in [6, 6.07) is 0.242. The minimum absolute atomic E-state index is 0.0874. The Balaban J connectivity index is 1.78. The normalized spacial score (nSPS) is 49.4. The van der Waals surface area contributed by atoms with Crippen LogP contribution in [0.5, 0.6) is 0 Å². The molecule has 0 radical (unpaired) electrons. The molecule has 0 spiro atoms. The van der Waals surface area contributed by atoms with E-state index in [0.717, 1.165) is 32.1 Å². The van der Waals surface area contributed by atoms with E-state index in [4.69, 9.17) is 0 Å². The molecule has 0 aromatic heterocycles. The predicted molar refractivity (Wildman–Crippen MR) is 89.7 cm³/mol. The van der Waals surface area contributed by atoms with Crippen molar-refractivity contribution in [3.8, 4) is 0 Å². The van der Waals surface area contributed by atoms with Gasteiger partial charge < -0.3 is 4.90 Å². The van der Waals surface area contributed by atoms with E-state index in [1.165, 1.54) is 5.57 Å². The van der Waals surface area contributed by atoms with Gasteiger partial charge in [-0.2, -0.15) is 0 Å². The molecule has 3 fully saturated rings. The second-order valence-electron chi connectivity index (χ2n) is 9.02. The highest BCUT2D eigenvalue weighted by Gasteiger charge is 2.61. The standard InChI is InChI=1S/C20H29NO2/c1-12-11-15-19(2,10-8-17(23)21(15)4)14-7-9-20(3)13(18(12)14)5-6-16(20)22/h11,13-15,18H,5-10H2,1-4H3/t13?,14?,15?,18?,19-,20+/m1/s1. The van der Waals surface area contributed by atoms with Gasteiger partial charge in [0, 0.05) is 25.3 Å². The molecular weight excluding hydrogens is 286 g/mol. The van der Waals surface area contributed by atoms with Crippen LogP contribution in [0.2, 0.25) is 0 Å². The van der Waals surface area contributed by atoms with Crippen LogP contribution in [-0.2, 0) is 9.59 Å². The maximum absolute atomic E-state index is 12.5. The van der Waals surface area contributed by atoms with Crippen LogP contribution in [0.1, 0.15) is 59.3 Å². The van der Waals surface area contributed by atoms with E-state index in [9.17, 15) is 9.59 Å². The fraction of sp³-hybridized carbons (Fsp3) is 0.800. The molecule has 4 unspecified atom stereocenters. The molecule has 3 nitrogen and oxygen atoms in total. The summed E-state index contributed by atoms with van der Waals surface area (Å²) in [6.45, 7) is 6.88. The molecule has 0 aromatic rings. The average molecular weight is 315 g/mol. The summed E-state index contributed by atoms with van der Waals surface area (Å²) in [4.78, 5) is 26.7. The molecule has 23 heavy (non-hydrogen) atoms. The van der Waals surface area contributed by atoms with Crippen molar-refractivity contribution in [2.75, 3.05) is 7.05 Å². The Morgan fingerprint density at radius 2 is 1.83 bits per heavy atom. The zero-order chi connectivity index (χ0) is 16.6. The predicted octanol–water partition coefficient (Wildman–Crippen LogP) is 3.59. The Labute approximate surface area is 139 Å². The van der Waals surface area contributed by atoms with Gasteiger partial charge in [-0.1, -0.05) is 25.5 Å². The first-order valence-electron chi connectivity index (χ1n) is 9.26. The van der Waals surface area contributed by atoms with Gasteiger partial charge in [0.1, 0.15) is 5.78 Å². The fourth-order valence-electron chi connectivity index (χ4n) is 6.65. The van der Waals surface area contributed by atoms with Gasteiger partial charge in [0.05, 0.1) is 6.04 Å². The number of piperidine rings is 1. The zero-order valence-corrected chi connectivity index (χ0v) is 14.9. The lowest BCUT2D eigenvalue weighted by molar-refractivity contribution is -0.146. The van der Waals surface area contributed by atoms with E-state index in [1.54, 1.807) is 0 Å². The van der Waals surface area contributed by atoms with Gasteiger partial charge >= 0.3 is 0 Å². The van der Waals surface area contributed by atoms with Crippen LogP contribution in [0.4, 0.5) is 0 Å². The molecule has 1 saturated heterocycles. The number of allylic oxidation sites excluding steroid dienone is 1. The quantitative estimate of drug-likeness (QED) is 0.641. The minimum atomic E-state index is -0.0874. The fourth-order valence-corrected chi connectivity index (χ4v) is 6.65. The highest BCUT2D eigenvalue weighted by Crippen LogP contribution is 2.63. The third-order valence-corrected chi connectivity index (χ3v) is 8.14. The second-order valence-corrected chi connectivity index (χ2v) is 9.02. The second kappa shape index (κ2) is 4.70. The number of hydrogen-bond acceptors (Lipinski definition) is 2. The van der Waals surface area contributed by atoms with Gasteiger partial charge in [0.2, 0.25) is 5.91 Å². The smallest absolute Gasteiger partial charge is 0.222 e. The number of amides is 1. The van der Waals surface area contributed by atoms with Crippen LogP contribution in [0, 0.1) is 28.6 Å². The van der Waals surface area contributed by atoms with Crippen LogP contribution >= 0.6 is 0 Å². The molecule has 3 heteroatoms. The van der Waals surface area contributed by atoms with Crippen LogP contribution in [0.25, 0.3) is 0 Å². The van der Waals surface area contributed by atoms with Crippen LogP contribution in [0.15, 0.2) is 11.6 Å². The molecule has 0 aromatic carbocycles. The van der Waals surface area contributed by atoms with Crippen molar-refractivity contribution < 1.29 is 9.59 Å². The molecule has 1 heterocycles. The summed E-state index contributed by atoms with van der Waals surface area (Å²) < 4.78 is 0. The molecule has 4 rings (SSSR count). The Morgan fingerprint density at radius 3 is 2.57 bits per heavy atom. The monoisotopic (exact) mass is 315 g/mol. The van der Waals surface area contributed by atoms with Crippen molar-refractivity contribution in [2.24, 2.45) is 28.6 Å². The third-order valence-electron chi connectivity index (χ3n) is 8.14. The first-order chi connectivity index (χ1) is 10.8. The lowest BCUT2D eigenvalue weighted by atomic mass is 9.48. The lowest BCUT2D eigenvalue weighted by Gasteiger charge is -2.60. The van der Waals surface area contributed by atoms with E-state index < -0.39 is 0 Å². The van der Waals surface area contributed by atoms with E-state index in [2.05, 4.69) is 26.8 Å². The van der Waals surface area contributed by atoms with Crippen LogP contribution < -0.4 is 0 Å². The van der Waals surface area contributed by atoms with Crippen molar-refractivity contribution in [3.63, 3.8) is 0 Å². The first kappa shape index (κ1) is 15.4. The number of ketones is 1. The number of fused-ring (bicyclic) bond motifs is 5. The zero-order valence-electron chi connectivity index (χ0n) is 14.9. The van der Waals surface area contributed by atoms with Crippen LogP contribution in [-0.4, -0.2) is 29.7 Å². The van der Waals surface area contributed by atoms with E-state index in [1.807, 2.05) is 11.9 Å². The van der Waals surface area contributed by atoms with Gasteiger partial charge in [0.25, 0.3) is 0 Å². The first-order valence-corrected chi connectivity index (χ1v) is 9.26. The number of likely N-dealkylation sites (N-methyl/N-ethyl adjacent to an activating group) is 1. The molecule has 1 amide bonds. The molecule has 1 aliphatic heterocycles. The number of hydrogen-bond donors (Lipinski definition) is 0. The molecule has 4 aliphatic rings. The number of carbonyl (C=O) groups is 2. The van der Waals surface area contributed by atoms with Gasteiger partial charge in [-0.3, -0.25) is 9.59 Å². The average Bonchev–Trinajstić information content (AvgIpc) is 2.82. The van der Waals surface area contributed by atoms with Crippen molar-refractivity contribution in [2.45, 2.75) is 65.3 Å². The molecule has 126 valence electrons. The molecule has 6 atom stereocenters. The number of nitrogens with zero attached hydrogens (tertiary/aromatic N) is 1. The summed E-state index contributed by atoms with van der Waals surface area (Å²) in [5.41, 5.74) is 1.53. The molecular formula is C20H29NO2. The van der Waals surface area contributed by atoms with Crippen LogP contribution in [0.3, 0.4) is 0 Å². The van der Waals surface area contributed by atoms with Crippen molar-refractivity contribution in [1.82, 2.24) is 4.90 Å². The molecule has 0 N–H and O–H groups in total. The molecule has 0 bridgehead atoms. The minimum Gasteiger partial charge on any atom is -0.339 e. The Morgan fingerprint density at radius 1 is 1.09 bits per heavy atom. The van der Waals surface area contributed by atoms with Crippen molar-refractivity contribution >= 4 is 11.7 Å². The summed E-state index contributed by atoms with van der Waals surface area (Å²) in [5.74, 6) is 2.47. The van der Waals surface area contributed by atoms with Gasteiger partial charge in [-0.15, -0.1) is 0 Å². The summed E-state index contributed by atoms with van der Waals surface area (Å²) in [7, 11) is 1.97. The Hall–Kier alpha value is -1.12. The number of carbonyl (C=O) groups excluding carboxylic acids is 2. The maximum atomic E-state index is 12.5. The Kier molecular flexibility index (Phi) is 3.15. The molecule has 3 aliphatic carbocycles. The highest BCUT2D eigenvalue weighted by molar-refractivity contribution is 5.87. The van der Waals surface area contributed by atoms with Gasteiger partial charge in [-0.25, -0.2) is 0 Å². The Bertz CT molecular complexity index is 609. The maximum Gasteiger partial charge on any atom is 0.222 e. The van der Waals surface area contributed by atoms with Crippen molar-refractivity contribution in [1.29, 1.82) is 0 Å². The number of likely N-dealkylation sites (tertiary alicyclic amines) is 1. The number of Topliss-reactive ketones (excluding diaryl/α,β-unsaturated/α-hetero) is 1. The summed E-state index contributed by atoms with van der Waals surface area (Å²) in [5, 5.41) is 0.